The molecule has 9 heteroatoms. The zero-order valence-corrected chi connectivity index (χ0v) is 18.6. The average Bonchev–Trinajstić information content (AvgIpc) is 3.11. The van der Waals surface area contributed by atoms with Crippen LogP contribution in [-0.4, -0.2) is 37.4 Å². The van der Waals surface area contributed by atoms with Gasteiger partial charge in [0.15, 0.2) is 5.52 Å². The van der Waals surface area contributed by atoms with Gasteiger partial charge in [-0.2, -0.15) is 5.10 Å². The Bertz CT molecular complexity index is 1370. The van der Waals surface area contributed by atoms with Crippen molar-refractivity contribution in [2.45, 2.75) is 26.7 Å². The normalized spacial score (nSPS) is 11.0. The maximum atomic E-state index is 12.9. The molecule has 170 valence electrons. The van der Waals surface area contributed by atoms with Crippen LogP contribution < -0.4 is 15.0 Å². The smallest absolute Gasteiger partial charge is 0.335 e. The number of hydrogen-bond donors (Lipinski definition) is 2. The molecule has 0 aliphatic rings. The molecule has 0 atom stereocenters. The molecule has 0 saturated heterocycles. The average molecular weight is 448 g/mol. The Labute approximate surface area is 189 Å². The summed E-state index contributed by atoms with van der Waals surface area (Å²) < 4.78 is 13.2. The number of aromatic carboxylic acids is 1. The largest absolute Gasteiger partial charge is 0.493 e. The van der Waals surface area contributed by atoms with Crippen LogP contribution in [0.1, 0.15) is 36.3 Å². The van der Waals surface area contributed by atoms with Crippen LogP contribution in [0.3, 0.4) is 0 Å². The van der Waals surface area contributed by atoms with E-state index in [0.29, 0.717) is 52.7 Å². The van der Waals surface area contributed by atoms with Crippen molar-refractivity contribution in [1.82, 2.24) is 19.7 Å². The van der Waals surface area contributed by atoms with E-state index in [1.54, 1.807) is 42.1 Å². The number of aromatic nitrogens is 4. The standard InChI is InChI=1S/C24H24N4O5/c1-4-6-18-20-21(28(3)27-18)23(29)26-22(25-20)17-13-16(11-12-19(17)32-5-2)33-15-9-7-14(8-10-15)24(30)31/h7-13H,4-6H2,1-3H3,(H,30,31)(H,25,26,29). The summed E-state index contributed by atoms with van der Waals surface area (Å²) in [6, 6.07) is 11.3. The molecular weight excluding hydrogens is 424 g/mol. The Balaban J connectivity index is 1.78. The number of fused-ring (bicyclic) bond motifs is 1. The summed E-state index contributed by atoms with van der Waals surface area (Å²) in [5.41, 5.74) is 2.21. The molecule has 2 aromatic carbocycles. The summed E-state index contributed by atoms with van der Waals surface area (Å²) in [6.07, 6.45) is 1.59. The minimum atomic E-state index is -1.01. The fourth-order valence-electron chi connectivity index (χ4n) is 3.62. The minimum absolute atomic E-state index is 0.171. The van der Waals surface area contributed by atoms with Gasteiger partial charge in [0, 0.05) is 7.05 Å². The van der Waals surface area contributed by atoms with E-state index < -0.39 is 5.97 Å². The van der Waals surface area contributed by atoms with Crippen molar-refractivity contribution in [2.75, 3.05) is 6.61 Å². The van der Waals surface area contributed by atoms with E-state index in [9.17, 15) is 9.59 Å². The lowest BCUT2D eigenvalue weighted by Gasteiger charge is -2.13. The van der Waals surface area contributed by atoms with E-state index in [-0.39, 0.29) is 11.1 Å². The van der Waals surface area contributed by atoms with E-state index >= 15 is 0 Å². The van der Waals surface area contributed by atoms with E-state index in [1.807, 2.05) is 13.8 Å². The van der Waals surface area contributed by atoms with Crippen LogP contribution in [0.5, 0.6) is 17.2 Å². The van der Waals surface area contributed by atoms with E-state index in [0.717, 1.165) is 12.1 Å². The summed E-state index contributed by atoms with van der Waals surface area (Å²) in [6.45, 7) is 4.36. The molecular formula is C24H24N4O5. The van der Waals surface area contributed by atoms with Crippen LogP contribution in [0, 0.1) is 0 Å². The summed E-state index contributed by atoms with van der Waals surface area (Å²) in [5.74, 6) is 0.861. The third-order valence-electron chi connectivity index (χ3n) is 5.09. The molecule has 9 nitrogen and oxygen atoms in total. The molecule has 2 aromatic heterocycles. The third kappa shape index (κ3) is 4.43. The molecule has 0 saturated carbocycles. The molecule has 2 heterocycles. The summed E-state index contributed by atoms with van der Waals surface area (Å²) >= 11 is 0. The van der Waals surface area contributed by atoms with Crippen molar-refractivity contribution < 1.29 is 19.4 Å². The van der Waals surface area contributed by atoms with Crippen LogP contribution in [0.4, 0.5) is 0 Å². The number of carboxylic acid groups (broad SMARTS) is 1. The van der Waals surface area contributed by atoms with Gasteiger partial charge in [-0.3, -0.25) is 9.48 Å². The molecule has 0 bridgehead atoms. The number of H-pyrrole nitrogens is 1. The number of carbonyl (C=O) groups is 1. The maximum absolute atomic E-state index is 12.9. The predicted octanol–water partition coefficient (Wildman–Crippen LogP) is 4.17. The van der Waals surface area contributed by atoms with Gasteiger partial charge in [-0.25, -0.2) is 9.78 Å². The zero-order valence-electron chi connectivity index (χ0n) is 18.6. The monoisotopic (exact) mass is 448 g/mol. The molecule has 0 aliphatic carbocycles. The first-order valence-electron chi connectivity index (χ1n) is 10.7. The van der Waals surface area contributed by atoms with Crippen molar-refractivity contribution in [3.05, 3.63) is 64.1 Å². The number of benzene rings is 2. The molecule has 0 unspecified atom stereocenters. The Hall–Kier alpha value is -4.14. The Morgan fingerprint density at radius 1 is 1.12 bits per heavy atom. The minimum Gasteiger partial charge on any atom is -0.493 e. The second kappa shape index (κ2) is 9.15. The maximum Gasteiger partial charge on any atom is 0.335 e. The summed E-state index contributed by atoms with van der Waals surface area (Å²) in [4.78, 5) is 31.5. The van der Waals surface area contributed by atoms with Gasteiger partial charge < -0.3 is 19.6 Å². The molecule has 4 aromatic rings. The van der Waals surface area contributed by atoms with Crippen molar-refractivity contribution in [2.24, 2.45) is 7.05 Å². The van der Waals surface area contributed by atoms with Crippen molar-refractivity contribution >= 4 is 17.0 Å². The van der Waals surface area contributed by atoms with Crippen LogP contribution >= 0.6 is 0 Å². The van der Waals surface area contributed by atoms with Gasteiger partial charge in [-0.1, -0.05) is 13.3 Å². The fraction of sp³-hybridized carbons (Fsp3) is 0.250. The lowest BCUT2D eigenvalue weighted by molar-refractivity contribution is 0.0697. The van der Waals surface area contributed by atoms with Gasteiger partial charge in [0.25, 0.3) is 5.56 Å². The number of nitrogens with zero attached hydrogens (tertiary/aromatic N) is 3. The van der Waals surface area contributed by atoms with Gasteiger partial charge in [0.2, 0.25) is 0 Å². The Kier molecular flexibility index (Phi) is 6.12. The molecule has 4 rings (SSSR count). The van der Waals surface area contributed by atoms with E-state index in [1.165, 1.54) is 12.1 Å². The van der Waals surface area contributed by atoms with E-state index in [2.05, 4.69) is 10.1 Å². The molecule has 0 spiro atoms. The van der Waals surface area contributed by atoms with Gasteiger partial charge in [-0.15, -0.1) is 0 Å². The molecule has 0 fully saturated rings. The van der Waals surface area contributed by atoms with Crippen LogP contribution in [-0.2, 0) is 13.5 Å². The van der Waals surface area contributed by atoms with Crippen LogP contribution in [0.2, 0.25) is 0 Å². The first-order chi connectivity index (χ1) is 15.9. The summed E-state index contributed by atoms with van der Waals surface area (Å²) in [5, 5.41) is 13.5. The van der Waals surface area contributed by atoms with Gasteiger partial charge in [0.05, 0.1) is 23.4 Å². The lowest BCUT2D eigenvalue weighted by Crippen LogP contribution is -2.12. The highest BCUT2D eigenvalue weighted by atomic mass is 16.5. The SMILES string of the molecule is CCCc1nn(C)c2c(=O)[nH]c(-c3cc(Oc4ccc(C(=O)O)cc4)ccc3OCC)nc12. The highest BCUT2D eigenvalue weighted by Crippen LogP contribution is 2.34. The number of ether oxygens (including phenoxy) is 2. The molecule has 2 N–H and O–H groups in total. The molecule has 0 amide bonds. The first kappa shape index (κ1) is 22.1. The first-order valence-corrected chi connectivity index (χ1v) is 10.7. The number of aromatic amines is 1. The molecule has 33 heavy (non-hydrogen) atoms. The van der Waals surface area contributed by atoms with E-state index in [4.69, 9.17) is 19.6 Å². The van der Waals surface area contributed by atoms with Gasteiger partial charge >= 0.3 is 5.97 Å². The lowest BCUT2D eigenvalue weighted by atomic mass is 10.1. The highest BCUT2D eigenvalue weighted by molar-refractivity contribution is 5.87. The second-order valence-corrected chi connectivity index (χ2v) is 7.45. The highest BCUT2D eigenvalue weighted by Gasteiger charge is 2.18. The second-order valence-electron chi connectivity index (χ2n) is 7.45. The number of nitrogens with one attached hydrogen (secondary N) is 1. The number of aryl methyl sites for hydroxylation is 2. The van der Waals surface area contributed by atoms with Crippen molar-refractivity contribution in [1.29, 1.82) is 0 Å². The quantitative estimate of drug-likeness (QED) is 0.415. The predicted molar refractivity (Wildman–Crippen MR) is 123 cm³/mol. The molecule has 0 radical (unpaired) electrons. The number of rotatable bonds is 8. The molecule has 0 aliphatic heterocycles. The third-order valence-corrected chi connectivity index (χ3v) is 5.09. The Morgan fingerprint density at radius 2 is 1.85 bits per heavy atom. The van der Waals surface area contributed by atoms with Crippen LogP contribution in [0.15, 0.2) is 47.3 Å². The van der Waals surface area contributed by atoms with Crippen LogP contribution in [0.25, 0.3) is 22.4 Å². The van der Waals surface area contributed by atoms with Gasteiger partial charge in [-0.05, 0) is 55.8 Å². The Morgan fingerprint density at radius 3 is 2.52 bits per heavy atom. The number of hydrogen-bond acceptors (Lipinski definition) is 6. The van der Waals surface area contributed by atoms with Gasteiger partial charge in [0.1, 0.15) is 28.6 Å². The zero-order chi connectivity index (χ0) is 23.5. The van der Waals surface area contributed by atoms with Crippen molar-refractivity contribution in [3.63, 3.8) is 0 Å². The topological polar surface area (TPSA) is 119 Å². The van der Waals surface area contributed by atoms with Crippen molar-refractivity contribution in [3.8, 4) is 28.6 Å². The fourth-order valence-corrected chi connectivity index (χ4v) is 3.62. The summed E-state index contributed by atoms with van der Waals surface area (Å²) in [7, 11) is 1.73. The number of carboxylic acids is 1.